The van der Waals surface area contributed by atoms with Crippen molar-refractivity contribution in [3.63, 3.8) is 0 Å². The minimum Gasteiger partial charge on any atom is -0.382 e. The number of nitrogens with zero attached hydrogens (tertiary/aromatic N) is 8. The second kappa shape index (κ2) is 11.1. The average molecular weight is 695 g/mol. The minimum absolute atomic E-state index is 0.0504. The number of anilines is 2. The first-order valence-corrected chi connectivity index (χ1v) is 18.1. The molecule has 18 nitrogen and oxygen atoms in total. The van der Waals surface area contributed by atoms with Crippen molar-refractivity contribution in [1.82, 2.24) is 39.0 Å². The third kappa shape index (κ3) is 5.25. The molecule has 0 aliphatic carbocycles. The van der Waals surface area contributed by atoms with E-state index in [2.05, 4.69) is 54.4 Å². The van der Waals surface area contributed by atoms with Gasteiger partial charge >= 0.3 is 13.6 Å². The summed E-state index contributed by atoms with van der Waals surface area (Å²) < 4.78 is 94.5. The van der Waals surface area contributed by atoms with E-state index < -0.39 is 76.0 Å². The second-order valence-electron chi connectivity index (χ2n) is 9.85. The van der Waals surface area contributed by atoms with Crippen molar-refractivity contribution in [2.75, 3.05) is 24.7 Å². The fourth-order valence-corrected chi connectivity index (χ4v) is 8.14. The van der Waals surface area contributed by atoms with E-state index in [4.69, 9.17) is 39.0 Å². The lowest BCUT2D eigenvalue weighted by atomic mass is 10.1. The van der Waals surface area contributed by atoms with E-state index in [-0.39, 0.29) is 34.0 Å². The van der Waals surface area contributed by atoms with Crippen LogP contribution in [0.4, 0.5) is 20.4 Å². The van der Waals surface area contributed by atoms with E-state index in [1.54, 1.807) is 0 Å². The molecule has 10 atom stereocenters. The lowest BCUT2D eigenvalue weighted by Crippen LogP contribution is -2.36. The summed E-state index contributed by atoms with van der Waals surface area (Å²) in [5.41, 5.74) is 12.3. The molecule has 3 saturated heterocycles. The van der Waals surface area contributed by atoms with Crippen molar-refractivity contribution in [3.05, 3.63) is 25.3 Å². The zero-order valence-electron chi connectivity index (χ0n) is 21.9. The molecule has 44 heavy (non-hydrogen) atoms. The van der Waals surface area contributed by atoms with Gasteiger partial charge < -0.3 is 20.9 Å². The highest BCUT2D eigenvalue weighted by atomic mass is 32.7. The molecule has 236 valence electrons. The van der Waals surface area contributed by atoms with Crippen LogP contribution in [0, 0.1) is 0 Å². The molecule has 0 spiro atoms. The fraction of sp³-hybridized carbons (Fsp3) is 0.500. The molecule has 4 aromatic heterocycles. The molecule has 7 heterocycles. The second-order valence-corrected chi connectivity index (χ2v) is 15.6. The highest BCUT2D eigenvalue weighted by molar-refractivity contribution is 8.44. The molecule has 7 rings (SSSR count). The SMILES string of the molecule is Nc1ncnc2c1ncn2[C@@H]1O[C@@H]2CO[P@@](=O)(S)O[C@H]3[C@@H](F)[C@H](n4cnc5c(N)ncnc54)O[C@@H]3CO[P@@](=O)(S)O[C@H]2[C@H]1F. The van der Waals surface area contributed by atoms with Gasteiger partial charge in [0, 0.05) is 0 Å². The van der Waals surface area contributed by atoms with Gasteiger partial charge in [0.1, 0.15) is 48.1 Å². The van der Waals surface area contributed by atoms with E-state index in [0.717, 1.165) is 12.7 Å². The van der Waals surface area contributed by atoms with Crippen LogP contribution in [0.15, 0.2) is 25.3 Å². The van der Waals surface area contributed by atoms with Gasteiger partial charge in [-0.15, -0.1) is 0 Å². The monoisotopic (exact) mass is 694 g/mol. The molecule has 4 N–H and O–H groups in total. The number of nitrogens with two attached hydrogens (primary N) is 2. The molecule has 4 aromatic rings. The third-order valence-corrected chi connectivity index (χ3v) is 10.4. The Bertz CT molecular complexity index is 1710. The summed E-state index contributed by atoms with van der Waals surface area (Å²) in [6.45, 7) is -10.1. The van der Waals surface area contributed by atoms with Crippen LogP contribution < -0.4 is 11.5 Å². The Hall–Kier alpha value is -2.52. The molecule has 0 radical (unpaired) electrons. The number of alkyl halides is 2. The van der Waals surface area contributed by atoms with E-state index in [1.165, 1.54) is 21.8 Å². The number of halogens is 2. The first kappa shape index (κ1) is 30.2. The van der Waals surface area contributed by atoms with Crippen LogP contribution >= 0.6 is 38.1 Å². The lowest BCUT2D eigenvalue weighted by molar-refractivity contribution is -0.0544. The number of thiol groups is 2. The molecule has 0 bridgehead atoms. The van der Waals surface area contributed by atoms with E-state index in [1.807, 2.05) is 0 Å². The minimum atomic E-state index is -4.39. The number of aromatic nitrogens is 8. The first-order chi connectivity index (χ1) is 20.9. The molecule has 3 fully saturated rings. The van der Waals surface area contributed by atoms with E-state index >= 15 is 8.78 Å². The topological polar surface area (TPSA) is 229 Å². The first-order valence-electron chi connectivity index (χ1n) is 12.7. The Balaban J connectivity index is 1.17. The number of hydrogen-bond donors (Lipinski definition) is 4. The summed E-state index contributed by atoms with van der Waals surface area (Å²) in [6, 6.07) is 0. The van der Waals surface area contributed by atoms with Crippen molar-refractivity contribution >= 4 is 72.1 Å². The van der Waals surface area contributed by atoms with Gasteiger partial charge in [0.15, 0.2) is 47.7 Å². The summed E-state index contributed by atoms with van der Waals surface area (Å²) in [6.07, 6.45) is -8.12. The van der Waals surface area contributed by atoms with Crippen LogP contribution in [0.2, 0.25) is 0 Å². The number of ether oxygens (including phenoxy) is 2. The van der Waals surface area contributed by atoms with Gasteiger partial charge in [0.2, 0.25) is 0 Å². The molecule has 0 unspecified atom stereocenters. The quantitative estimate of drug-likeness (QED) is 0.174. The molecule has 3 aliphatic heterocycles. The average Bonchev–Trinajstić information content (AvgIpc) is 3.73. The van der Waals surface area contributed by atoms with Crippen LogP contribution in [0.5, 0.6) is 0 Å². The number of imidazole rings is 2. The van der Waals surface area contributed by atoms with Gasteiger partial charge in [0.05, 0.1) is 25.9 Å². The number of nitrogen functional groups attached to an aromatic ring is 2. The Morgan fingerprint density at radius 3 is 1.55 bits per heavy atom. The van der Waals surface area contributed by atoms with Crippen LogP contribution in [0.25, 0.3) is 22.3 Å². The maximum atomic E-state index is 16.0. The molecule has 3 aliphatic rings. The predicted molar refractivity (Wildman–Crippen MR) is 152 cm³/mol. The molecule has 24 heteroatoms. The smallest absolute Gasteiger partial charge is 0.382 e. The Morgan fingerprint density at radius 1 is 0.727 bits per heavy atom. The van der Waals surface area contributed by atoms with E-state index in [0.29, 0.717) is 0 Å². The normalized spacial score (nSPS) is 38.3. The molecule has 0 saturated carbocycles. The maximum absolute atomic E-state index is 16.0. The summed E-state index contributed by atoms with van der Waals surface area (Å²) in [4.78, 5) is 24.0. The highest BCUT2D eigenvalue weighted by Crippen LogP contribution is 2.60. The zero-order valence-corrected chi connectivity index (χ0v) is 25.5. The van der Waals surface area contributed by atoms with Crippen LogP contribution in [-0.4, -0.2) is 89.0 Å². The molecule has 0 aromatic carbocycles. The van der Waals surface area contributed by atoms with Crippen molar-refractivity contribution in [1.29, 1.82) is 0 Å². The third-order valence-electron chi connectivity index (χ3n) is 7.17. The Morgan fingerprint density at radius 2 is 1.14 bits per heavy atom. The largest absolute Gasteiger partial charge is 0.386 e. The van der Waals surface area contributed by atoms with Crippen LogP contribution in [0.3, 0.4) is 0 Å². The van der Waals surface area contributed by atoms with Gasteiger partial charge in [-0.05, 0) is 0 Å². The Labute approximate surface area is 255 Å². The molecular formula is C20H22F2N10O8P2S2. The summed E-state index contributed by atoms with van der Waals surface area (Å²) in [5.74, 6) is 0.101. The zero-order chi connectivity index (χ0) is 31.0. The number of rotatable bonds is 2. The van der Waals surface area contributed by atoms with Crippen molar-refractivity contribution in [2.45, 2.75) is 49.2 Å². The maximum Gasteiger partial charge on any atom is 0.386 e. The van der Waals surface area contributed by atoms with Crippen LogP contribution in [-0.2, 0) is 36.7 Å². The molecular weight excluding hydrogens is 672 g/mol. The van der Waals surface area contributed by atoms with Crippen LogP contribution in [0.1, 0.15) is 12.5 Å². The molecule has 0 amide bonds. The standard InChI is InChI=1S/C20H22F2N10O8P2S2/c21-9-13-7(37-19(9)31-5-29-11-15(23)25-3-27-17(11)31)1-35-41(33,43)40-14-8(2-36-42(34,44)39-13)38-20(10(14)22)32-6-30-12-16(24)26-4-28-18(12)32/h3-10,13-14,19-20H,1-2H2,(H,33,43)(H,34,44)(H2,23,25,27)(H2,24,26,28)/t7-,8-,9-,10-,13-,14-,19-,20-,41-,42-/m1/s1. The van der Waals surface area contributed by atoms with Gasteiger partial charge in [-0.2, -0.15) is 0 Å². The van der Waals surface area contributed by atoms with Crippen molar-refractivity contribution in [3.8, 4) is 0 Å². The lowest BCUT2D eigenvalue weighted by Gasteiger charge is -2.28. The van der Waals surface area contributed by atoms with Crippen molar-refractivity contribution < 1.29 is 45.5 Å². The van der Waals surface area contributed by atoms with Crippen molar-refractivity contribution in [2.24, 2.45) is 0 Å². The fourth-order valence-electron chi connectivity index (χ4n) is 5.17. The highest BCUT2D eigenvalue weighted by Gasteiger charge is 2.54. The van der Waals surface area contributed by atoms with Gasteiger partial charge in [0.25, 0.3) is 0 Å². The van der Waals surface area contributed by atoms with Gasteiger partial charge in [-0.25, -0.2) is 47.8 Å². The summed E-state index contributed by atoms with van der Waals surface area (Å²) >= 11 is 7.99. The Kier molecular flexibility index (Phi) is 7.59. The van der Waals surface area contributed by atoms with Gasteiger partial charge in [-0.1, -0.05) is 24.5 Å². The predicted octanol–water partition coefficient (Wildman–Crippen LogP) is 2.19. The van der Waals surface area contributed by atoms with Gasteiger partial charge in [-0.3, -0.25) is 27.2 Å². The van der Waals surface area contributed by atoms with E-state index in [9.17, 15) is 9.13 Å². The number of hydrogen-bond acceptors (Lipinski definition) is 16. The summed E-state index contributed by atoms with van der Waals surface area (Å²) in [5, 5.41) is 0. The number of fused-ring (bicyclic) bond motifs is 4. The summed E-state index contributed by atoms with van der Waals surface area (Å²) in [7, 11) is 0.